The molecule has 1 aliphatic heterocycles. The van der Waals surface area contributed by atoms with Crippen LogP contribution in [0.4, 0.5) is 0 Å². The van der Waals surface area contributed by atoms with Gasteiger partial charge in [-0.3, -0.25) is 0 Å². The lowest BCUT2D eigenvalue weighted by molar-refractivity contribution is -0.0878. The smallest absolute Gasteiger partial charge is 0.123 e. The van der Waals surface area contributed by atoms with E-state index in [4.69, 9.17) is 14.2 Å². The molecule has 0 amide bonds. The van der Waals surface area contributed by atoms with E-state index in [0.29, 0.717) is 26.4 Å². The predicted molar refractivity (Wildman–Crippen MR) is 74.6 cm³/mol. The standard InChI is InChI=1S/C14H19BrO3/c1-3-17-12-5-4-10(2)8-11(12)14(15)13-9-16-6-7-18-13/h4-5,8,13-14H,3,6-7,9H2,1-2H3. The fraction of sp³-hybridized carbons (Fsp3) is 0.571. The second kappa shape index (κ2) is 6.55. The summed E-state index contributed by atoms with van der Waals surface area (Å²) < 4.78 is 16.9. The number of hydrogen-bond donors (Lipinski definition) is 0. The summed E-state index contributed by atoms with van der Waals surface area (Å²) in [5, 5.41) is 0. The van der Waals surface area contributed by atoms with Crippen LogP contribution in [0.1, 0.15) is 22.9 Å². The Labute approximate surface area is 117 Å². The van der Waals surface area contributed by atoms with Crippen molar-refractivity contribution in [3.63, 3.8) is 0 Å². The molecule has 1 aromatic carbocycles. The molecule has 0 spiro atoms. The lowest BCUT2D eigenvalue weighted by atomic mass is 10.0. The minimum absolute atomic E-state index is 0.0414. The number of rotatable bonds is 4. The van der Waals surface area contributed by atoms with Crippen LogP contribution in [0.5, 0.6) is 5.75 Å². The maximum atomic E-state index is 5.74. The van der Waals surface area contributed by atoms with Gasteiger partial charge in [0.25, 0.3) is 0 Å². The zero-order chi connectivity index (χ0) is 13.0. The average Bonchev–Trinajstić information content (AvgIpc) is 2.41. The largest absolute Gasteiger partial charge is 0.494 e. The highest BCUT2D eigenvalue weighted by atomic mass is 79.9. The summed E-state index contributed by atoms with van der Waals surface area (Å²) in [6.07, 6.45) is 0.0414. The molecule has 0 bridgehead atoms. The second-order valence-electron chi connectivity index (χ2n) is 4.36. The first-order valence-corrected chi connectivity index (χ1v) is 7.20. The Hall–Kier alpha value is -0.580. The number of aryl methyl sites for hydroxylation is 1. The van der Waals surface area contributed by atoms with Crippen molar-refractivity contribution in [2.24, 2.45) is 0 Å². The maximum absolute atomic E-state index is 5.74. The van der Waals surface area contributed by atoms with Crippen LogP contribution in [0.3, 0.4) is 0 Å². The Kier molecular flexibility index (Phi) is 5.03. The van der Waals surface area contributed by atoms with Crippen LogP contribution in [0.2, 0.25) is 0 Å². The first kappa shape index (κ1) is 13.8. The van der Waals surface area contributed by atoms with Crippen LogP contribution >= 0.6 is 15.9 Å². The molecule has 2 unspecified atom stereocenters. The quantitative estimate of drug-likeness (QED) is 0.798. The zero-order valence-corrected chi connectivity index (χ0v) is 12.4. The van der Waals surface area contributed by atoms with Gasteiger partial charge in [-0.25, -0.2) is 0 Å². The maximum Gasteiger partial charge on any atom is 0.123 e. The van der Waals surface area contributed by atoms with E-state index < -0.39 is 0 Å². The topological polar surface area (TPSA) is 27.7 Å². The third-order valence-corrected chi connectivity index (χ3v) is 4.01. The Morgan fingerprint density at radius 2 is 2.28 bits per heavy atom. The Balaban J connectivity index is 2.21. The van der Waals surface area contributed by atoms with E-state index in [2.05, 4.69) is 35.0 Å². The van der Waals surface area contributed by atoms with E-state index in [1.807, 2.05) is 13.0 Å². The molecule has 0 aromatic heterocycles. The van der Waals surface area contributed by atoms with Crippen LogP contribution in [-0.2, 0) is 9.47 Å². The fourth-order valence-electron chi connectivity index (χ4n) is 2.05. The first-order chi connectivity index (χ1) is 8.72. The zero-order valence-electron chi connectivity index (χ0n) is 10.8. The summed E-state index contributed by atoms with van der Waals surface area (Å²) >= 11 is 3.72. The highest BCUT2D eigenvalue weighted by molar-refractivity contribution is 9.09. The Morgan fingerprint density at radius 3 is 2.94 bits per heavy atom. The molecule has 0 saturated carbocycles. The van der Waals surface area contributed by atoms with Crippen LogP contribution in [0.25, 0.3) is 0 Å². The van der Waals surface area contributed by atoms with Gasteiger partial charge < -0.3 is 14.2 Å². The van der Waals surface area contributed by atoms with Crippen LogP contribution in [0, 0.1) is 6.92 Å². The molecule has 1 aliphatic rings. The lowest BCUT2D eigenvalue weighted by Crippen LogP contribution is -2.31. The molecule has 4 heteroatoms. The van der Waals surface area contributed by atoms with E-state index in [1.54, 1.807) is 0 Å². The number of alkyl halides is 1. The van der Waals surface area contributed by atoms with Gasteiger partial charge >= 0.3 is 0 Å². The van der Waals surface area contributed by atoms with Gasteiger partial charge in [0, 0.05) is 5.56 Å². The summed E-state index contributed by atoms with van der Waals surface area (Å²) in [6, 6.07) is 6.22. The molecular weight excluding hydrogens is 296 g/mol. The van der Waals surface area contributed by atoms with Crippen molar-refractivity contribution >= 4 is 15.9 Å². The highest BCUT2D eigenvalue weighted by Gasteiger charge is 2.26. The normalized spacial score (nSPS) is 21.6. The summed E-state index contributed by atoms with van der Waals surface area (Å²) in [6.45, 7) is 6.70. The van der Waals surface area contributed by atoms with Crippen molar-refractivity contribution in [3.8, 4) is 5.75 Å². The van der Waals surface area contributed by atoms with E-state index in [0.717, 1.165) is 11.3 Å². The third-order valence-electron chi connectivity index (χ3n) is 2.93. The molecule has 1 fully saturated rings. The minimum atomic E-state index is 0.0414. The van der Waals surface area contributed by atoms with E-state index in [-0.39, 0.29) is 10.9 Å². The second-order valence-corrected chi connectivity index (χ2v) is 5.35. The molecule has 18 heavy (non-hydrogen) atoms. The average molecular weight is 315 g/mol. The van der Waals surface area contributed by atoms with Gasteiger partial charge in [0.05, 0.1) is 37.4 Å². The van der Waals surface area contributed by atoms with Crippen LogP contribution < -0.4 is 4.74 Å². The molecule has 2 atom stereocenters. The van der Waals surface area contributed by atoms with Gasteiger partial charge in [0.2, 0.25) is 0 Å². The van der Waals surface area contributed by atoms with E-state index >= 15 is 0 Å². The number of halogens is 1. The Bertz CT molecular complexity index is 389. The molecule has 0 aliphatic carbocycles. The molecule has 1 aromatic rings. The fourth-order valence-corrected chi connectivity index (χ4v) is 2.71. The van der Waals surface area contributed by atoms with Crippen molar-refractivity contribution < 1.29 is 14.2 Å². The number of benzene rings is 1. The van der Waals surface area contributed by atoms with Gasteiger partial charge in [-0.05, 0) is 19.9 Å². The van der Waals surface area contributed by atoms with Crippen molar-refractivity contribution in [3.05, 3.63) is 29.3 Å². The van der Waals surface area contributed by atoms with Crippen molar-refractivity contribution in [1.29, 1.82) is 0 Å². The molecule has 2 rings (SSSR count). The number of ether oxygens (including phenoxy) is 3. The molecule has 1 heterocycles. The number of hydrogen-bond acceptors (Lipinski definition) is 3. The summed E-state index contributed by atoms with van der Waals surface area (Å²) in [4.78, 5) is 0.0965. The molecule has 0 N–H and O–H groups in total. The van der Waals surface area contributed by atoms with Crippen LogP contribution in [-0.4, -0.2) is 32.5 Å². The predicted octanol–water partition coefficient (Wildman–Crippen LogP) is 3.25. The minimum Gasteiger partial charge on any atom is -0.494 e. The van der Waals surface area contributed by atoms with Crippen LogP contribution in [0.15, 0.2) is 18.2 Å². The van der Waals surface area contributed by atoms with Crippen molar-refractivity contribution in [1.82, 2.24) is 0 Å². The van der Waals surface area contributed by atoms with E-state index in [1.165, 1.54) is 5.56 Å². The first-order valence-electron chi connectivity index (χ1n) is 6.29. The third kappa shape index (κ3) is 3.25. The lowest BCUT2D eigenvalue weighted by Gasteiger charge is -2.28. The monoisotopic (exact) mass is 314 g/mol. The molecule has 0 radical (unpaired) electrons. The van der Waals surface area contributed by atoms with Gasteiger partial charge in [0.1, 0.15) is 5.75 Å². The van der Waals surface area contributed by atoms with Gasteiger partial charge in [-0.2, -0.15) is 0 Å². The molecule has 1 saturated heterocycles. The van der Waals surface area contributed by atoms with Crippen molar-refractivity contribution in [2.45, 2.75) is 24.8 Å². The highest BCUT2D eigenvalue weighted by Crippen LogP contribution is 2.36. The SMILES string of the molecule is CCOc1ccc(C)cc1C(Br)C1COCCO1. The Morgan fingerprint density at radius 1 is 1.44 bits per heavy atom. The molecular formula is C14H19BrO3. The molecule has 3 nitrogen and oxygen atoms in total. The summed E-state index contributed by atoms with van der Waals surface area (Å²) in [7, 11) is 0. The van der Waals surface area contributed by atoms with Gasteiger partial charge in [-0.1, -0.05) is 33.6 Å². The summed E-state index contributed by atoms with van der Waals surface area (Å²) in [5.41, 5.74) is 2.35. The van der Waals surface area contributed by atoms with Gasteiger partial charge in [0.15, 0.2) is 0 Å². The van der Waals surface area contributed by atoms with Gasteiger partial charge in [-0.15, -0.1) is 0 Å². The van der Waals surface area contributed by atoms with Crippen molar-refractivity contribution in [2.75, 3.05) is 26.4 Å². The molecule has 100 valence electrons. The summed E-state index contributed by atoms with van der Waals surface area (Å²) in [5.74, 6) is 0.916. The van der Waals surface area contributed by atoms with E-state index in [9.17, 15) is 0 Å².